The van der Waals surface area contributed by atoms with E-state index >= 15 is 0 Å². The Bertz CT molecular complexity index is 826. The molecule has 0 fully saturated rings. The number of anilines is 1. The third-order valence-corrected chi connectivity index (χ3v) is 4.44. The van der Waals surface area contributed by atoms with Gasteiger partial charge < -0.3 is 10.6 Å². The molecule has 0 aliphatic carbocycles. The van der Waals surface area contributed by atoms with Gasteiger partial charge in [-0.25, -0.2) is 15.0 Å². The zero-order valence-corrected chi connectivity index (χ0v) is 15.4. The van der Waals surface area contributed by atoms with Crippen LogP contribution in [0.1, 0.15) is 5.56 Å². The summed E-state index contributed by atoms with van der Waals surface area (Å²) in [4.78, 5) is 12.7. The van der Waals surface area contributed by atoms with Crippen LogP contribution in [-0.4, -0.2) is 20.1 Å². The van der Waals surface area contributed by atoms with Gasteiger partial charge in [-0.3, -0.25) is 0 Å². The molecule has 0 radical (unpaired) electrons. The van der Waals surface area contributed by atoms with Crippen LogP contribution in [-0.2, 0) is 6.54 Å². The minimum absolute atomic E-state index is 0.531. The third kappa shape index (κ3) is 5.67. The number of thiocarbonyl (C=S) groups is 1. The van der Waals surface area contributed by atoms with E-state index in [1.54, 1.807) is 24.7 Å². The summed E-state index contributed by atoms with van der Waals surface area (Å²) in [6, 6.07) is 13.2. The summed E-state index contributed by atoms with van der Waals surface area (Å²) in [5, 5.41) is 8.98. The van der Waals surface area contributed by atoms with Crippen molar-refractivity contribution in [2.24, 2.45) is 0 Å². The second-order valence-electron chi connectivity index (χ2n) is 4.95. The van der Waals surface area contributed by atoms with E-state index in [9.17, 15) is 0 Å². The Morgan fingerprint density at radius 3 is 2.48 bits per heavy atom. The minimum atomic E-state index is 0.531. The molecule has 2 heterocycles. The van der Waals surface area contributed by atoms with Crippen LogP contribution in [0.3, 0.4) is 0 Å². The minimum Gasteiger partial charge on any atom is -0.358 e. The van der Waals surface area contributed by atoms with Crippen molar-refractivity contribution in [2.75, 3.05) is 5.32 Å². The first kappa shape index (κ1) is 17.6. The molecule has 0 atom stereocenters. The third-order valence-electron chi connectivity index (χ3n) is 3.10. The number of rotatable bonds is 5. The first-order valence-corrected chi connectivity index (χ1v) is 8.99. The highest BCUT2D eigenvalue weighted by molar-refractivity contribution is 7.99. The Kier molecular flexibility index (Phi) is 6.16. The van der Waals surface area contributed by atoms with Gasteiger partial charge in [0, 0.05) is 24.0 Å². The molecule has 0 bridgehead atoms. The van der Waals surface area contributed by atoms with E-state index in [2.05, 4.69) is 25.6 Å². The first-order valence-electron chi connectivity index (χ1n) is 7.39. The molecular weight excluding hydrogens is 374 g/mol. The fourth-order valence-electron chi connectivity index (χ4n) is 1.91. The molecule has 1 aromatic carbocycles. The number of pyridine rings is 1. The maximum atomic E-state index is 5.87. The number of halogens is 1. The molecule has 0 saturated carbocycles. The van der Waals surface area contributed by atoms with Crippen molar-refractivity contribution in [2.45, 2.75) is 16.7 Å². The molecule has 0 spiro atoms. The first-order chi connectivity index (χ1) is 12.2. The molecule has 0 amide bonds. The standard InChI is InChI=1S/C17H14ClN5S2/c18-13-4-2-12(3-5-13)10-22-16(24)23-14-6-7-15(21-11-14)25-17-19-8-1-9-20-17/h1-9,11H,10H2,(H2,22,23,24). The largest absolute Gasteiger partial charge is 0.358 e. The van der Waals surface area contributed by atoms with Crippen molar-refractivity contribution < 1.29 is 0 Å². The SMILES string of the molecule is S=C(NCc1ccc(Cl)cc1)Nc1ccc(Sc2ncccn2)nc1. The molecule has 0 saturated heterocycles. The van der Waals surface area contributed by atoms with Gasteiger partial charge in [-0.15, -0.1) is 0 Å². The highest BCUT2D eigenvalue weighted by Crippen LogP contribution is 2.22. The van der Waals surface area contributed by atoms with Crippen molar-refractivity contribution in [3.63, 3.8) is 0 Å². The fourth-order valence-corrected chi connectivity index (χ4v) is 2.88. The summed E-state index contributed by atoms with van der Waals surface area (Å²) >= 11 is 12.6. The lowest BCUT2D eigenvalue weighted by Gasteiger charge is -2.10. The van der Waals surface area contributed by atoms with Crippen LogP contribution in [0.4, 0.5) is 5.69 Å². The van der Waals surface area contributed by atoms with Gasteiger partial charge in [-0.1, -0.05) is 23.7 Å². The molecule has 2 N–H and O–H groups in total. The molecule has 0 aliphatic rings. The van der Waals surface area contributed by atoms with Gasteiger partial charge >= 0.3 is 0 Å². The number of aromatic nitrogens is 3. The Morgan fingerprint density at radius 2 is 1.80 bits per heavy atom. The lowest BCUT2D eigenvalue weighted by molar-refractivity contribution is 0.925. The number of nitrogens with one attached hydrogen (secondary N) is 2. The lowest BCUT2D eigenvalue weighted by atomic mass is 10.2. The average molecular weight is 388 g/mol. The summed E-state index contributed by atoms with van der Waals surface area (Å²) in [6.45, 7) is 0.621. The van der Waals surface area contributed by atoms with Crippen LogP contribution < -0.4 is 10.6 Å². The molecule has 3 aromatic rings. The lowest BCUT2D eigenvalue weighted by Crippen LogP contribution is -2.27. The van der Waals surface area contributed by atoms with Gasteiger partial charge in [0.25, 0.3) is 0 Å². The molecule has 0 unspecified atom stereocenters. The zero-order chi connectivity index (χ0) is 17.5. The summed E-state index contributed by atoms with van der Waals surface area (Å²) in [7, 11) is 0. The van der Waals surface area contributed by atoms with Crippen molar-refractivity contribution >= 4 is 46.4 Å². The number of hydrogen-bond acceptors (Lipinski definition) is 5. The Labute approximate surface area is 160 Å². The summed E-state index contributed by atoms with van der Waals surface area (Å²) < 4.78 is 0. The van der Waals surface area contributed by atoms with E-state index in [0.717, 1.165) is 21.3 Å². The van der Waals surface area contributed by atoms with Gasteiger partial charge in [0.05, 0.1) is 11.9 Å². The van der Waals surface area contributed by atoms with E-state index in [-0.39, 0.29) is 0 Å². The number of benzene rings is 1. The van der Waals surface area contributed by atoms with Gasteiger partial charge in [-0.2, -0.15) is 0 Å². The molecule has 25 heavy (non-hydrogen) atoms. The molecule has 8 heteroatoms. The van der Waals surface area contributed by atoms with Gasteiger partial charge in [0.15, 0.2) is 10.3 Å². The highest BCUT2D eigenvalue weighted by Gasteiger charge is 2.03. The van der Waals surface area contributed by atoms with Crippen LogP contribution in [0.2, 0.25) is 5.02 Å². The molecular formula is C17H14ClN5S2. The van der Waals surface area contributed by atoms with Crippen LogP contribution in [0.25, 0.3) is 0 Å². The summed E-state index contributed by atoms with van der Waals surface area (Å²) in [6.07, 6.45) is 5.13. The summed E-state index contributed by atoms with van der Waals surface area (Å²) in [5.41, 5.74) is 1.91. The fraction of sp³-hybridized carbons (Fsp3) is 0.0588. The maximum Gasteiger partial charge on any atom is 0.193 e. The van der Waals surface area contributed by atoms with Crippen LogP contribution in [0.15, 0.2) is 71.2 Å². The highest BCUT2D eigenvalue weighted by atomic mass is 35.5. The maximum absolute atomic E-state index is 5.87. The Hall–Kier alpha value is -2.22. The van der Waals surface area contributed by atoms with Crippen molar-refractivity contribution in [1.82, 2.24) is 20.3 Å². The van der Waals surface area contributed by atoms with Gasteiger partial charge in [0.2, 0.25) is 0 Å². The van der Waals surface area contributed by atoms with Crippen LogP contribution in [0, 0.1) is 0 Å². The predicted octanol–water partition coefficient (Wildman–Crippen LogP) is 4.16. The van der Waals surface area contributed by atoms with E-state index < -0.39 is 0 Å². The topological polar surface area (TPSA) is 62.7 Å². The predicted molar refractivity (Wildman–Crippen MR) is 105 cm³/mol. The number of nitrogens with zero attached hydrogens (tertiary/aromatic N) is 3. The molecule has 126 valence electrons. The van der Waals surface area contributed by atoms with Crippen molar-refractivity contribution in [3.8, 4) is 0 Å². The monoisotopic (exact) mass is 387 g/mol. The van der Waals surface area contributed by atoms with E-state index in [1.807, 2.05) is 36.4 Å². The van der Waals surface area contributed by atoms with Crippen molar-refractivity contribution in [1.29, 1.82) is 0 Å². The van der Waals surface area contributed by atoms with Crippen LogP contribution >= 0.6 is 35.6 Å². The van der Waals surface area contributed by atoms with Crippen LogP contribution in [0.5, 0.6) is 0 Å². The second kappa shape index (κ2) is 8.75. The molecule has 3 rings (SSSR count). The molecule has 5 nitrogen and oxygen atoms in total. The quantitative estimate of drug-likeness (QED) is 0.503. The molecule has 2 aromatic heterocycles. The second-order valence-corrected chi connectivity index (χ2v) is 6.78. The van der Waals surface area contributed by atoms with Gasteiger partial charge in [-0.05, 0) is 59.9 Å². The van der Waals surface area contributed by atoms with E-state index in [4.69, 9.17) is 23.8 Å². The zero-order valence-electron chi connectivity index (χ0n) is 13.0. The number of hydrogen-bond donors (Lipinski definition) is 2. The molecule has 0 aliphatic heterocycles. The van der Waals surface area contributed by atoms with Gasteiger partial charge in [0.1, 0.15) is 5.03 Å². The normalized spacial score (nSPS) is 10.3. The van der Waals surface area contributed by atoms with E-state index in [1.165, 1.54) is 11.8 Å². The Balaban J connectivity index is 1.50. The van der Waals surface area contributed by atoms with E-state index in [0.29, 0.717) is 16.8 Å². The van der Waals surface area contributed by atoms with Crippen molar-refractivity contribution in [3.05, 3.63) is 71.6 Å². The average Bonchev–Trinajstić information content (AvgIpc) is 2.64. The summed E-state index contributed by atoms with van der Waals surface area (Å²) in [5.74, 6) is 0. The Morgan fingerprint density at radius 1 is 1.04 bits per heavy atom. The smallest absolute Gasteiger partial charge is 0.193 e.